The van der Waals surface area contributed by atoms with Gasteiger partial charge in [0.2, 0.25) is 0 Å². The minimum atomic E-state index is -0.856. The largest absolute Gasteiger partial charge is 0.481 e. The van der Waals surface area contributed by atoms with Gasteiger partial charge in [-0.3, -0.25) is 4.79 Å². The Hall–Kier alpha value is -0.910. The molecule has 0 aliphatic rings. The van der Waals surface area contributed by atoms with Gasteiger partial charge >= 0.3 is 5.97 Å². The fourth-order valence-corrected chi connectivity index (χ4v) is 2.62. The van der Waals surface area contributed by atoms with Crippen LogP contribution in [0, 0.1) is 0 Å². The van der Waals surface area contributed by atoms with E-state index in [1.54, 1.807) is 11.3 Å². The third kappa shape index (κ3) is 3.30. The van der Waals surface area contributed by atoms with Crippen molar-refractivity contribution in [1.82, 2.24) is 4.90 Å². The van der Waals surface area contributed by atoms with Crippen LogP contribution in [0.5, 0.6) is 0 Å². The lowest BCUT2D eigenvalue weighted by Crippen LogP contribution is -2.38. The predicted octanol–water partition coefficient (Wildman–Crippen LogP) is 1.15. The third-order valence-electron chi connectivity index (χ3n) is 2.21. The lowest BCUT2D eigenvalue weighted by Gasteiger charge is -2.28. The number of nitrogens with zero attached hydrogens (tertiary/aromatic N) is 1. The number of hydrogen-bond acceptors (Lipinski definition) is 4. The number of likely N-dealkylation sites (N-methyl/N-ethyl adjacent to an activating group) is 1. The van der Waals surface area contributed by atoms with Gasteiger partial charge in [0, 0.05) is 10.9 Å². The molecule has 1 aromatic rings. The van der Waals surface area contributed by atoms with Gasteiger partial charge in [0.15, 0.2) is 0 Å². The highest BCUT2D eigenvalue weighted by Crippen LogP contribution is 2.26. The number of thiophene rings is 1. The van der Waals surface area contributed by atoms with Crippen molar-refractivity contribution in [3.63, 3.8) is 0 Å². The lowest BCUT2D eigenvalue weighted by molar-refractivity contribution is -0.137. The summed E-state index contributed by atoms with van der Waals surface area (Å²) >= 11 is 1.60. The Balaban J connectivity index is 2.79. The van der Waals surface area contributed by atoms with Crippen molar-refractivity contribution in [2.75, 3.05) is 14.1 Å². The summed E-state index contributed by atoms with van der Waals surface area (Å²) in [5, 5.41) is 10.7. The first kappa shape index (κ1) is 12.2. The minimum Gasteiger partial charge on any atom is -0.481 e. The molecule has 15 heavy (non-hydrogen) atoms. The quantitative estimate of drug-likeness (QED) is 0.793. The molecule has 0 aromatic carbocycles. The number of hydrogen-bond donors (Lipinski definition) is 2. The second-order valence-corrected chi connectivity index (χ2v) is 4.66. The second kappa shape index (κ2) is 5.25. The Labute approximate surface area is 93.3 Å². The molecule has 0 bridgehead atoms. The van der Waals surface area contributed by atoms with Crippen LogP contribution in [0.25, 0.3) is 0 Å². The maximum Gasteiger partial charge on any atom is 0.304 e. The number of aliphatic carboxylic acids is 1. The molecular weight excluding hydrogens is 212 g/mol. The Kier molecular flexibility index (Phi) is 4.26. The fraction of sp³-hybridized carbons (Fsp3) is 0.500. The van der Waals surface area contributed by atoms with Crippen LogP contribution in [-0.4, -0.2) is 36.1 Å². The van der Waals surface area contributed by atoms with E-state index in [9.17, 15) is 4.79 Å². The number of nitrogens with two attached hydrogens (primary N) is 1. The van der Waals surface area contributed by atoms with E-state index in [2.05, 4.69) is 0 Å². The van der Waals surface area contributed by atoms with Gasteiger partial charge in [0.1, 0.15) is 0 Å². The zero-order chi connectivity index (χ0) is 11.4. The van der Waals surface area contributed by atoms with E-state index in [1.807, 2.05) is 36.5 Å². The molecule has 0 spiro atoms. The number of rotatable bonds is 5. The van der Waals surface area contributed by atoms with Crippen LogP contribution in [0.4, 0.5) is 0 Å². The Morgan fingerprint density at radius 1 is 1.67 bits per heavy atom. The smallest absolute Gasteiger partial charge is 0.304 e. The summed E-state index contributed by atoms with van der Waals surface area (Å²) in [7, 11) is 3.82. The maximum atomic E-state index is 10.6. The van der Waals surface area contributed by atoms with E-state index in [0.29, 0.717) is 0 Å². The topological polar surface area (TPSA) is 66.6 Å². The zero-order valence-corrected chi connectivity index (χ0v) is 9.70. The Morgan fingerprint density at radius 2 is 2.33 bits per heavy atom. The minimum absolute atomic E-state index is 0.0131. The summed E-state index contributed by atoms with van der Waals surface area (Å²) in [6.45, 7) is 0. The number of carboxylic acid groups (broad SMARTS) is 1. The molecule has 1 rings (SSSR count). The average Bonchev–Trinajstić information content (AvgIpc) is 2.54. The van der Waals surface area contributed by atoms with Gasteiger partial charge in [0.05, 0.1) is 12.5 Å². The molecular formula is C10H16N2O2S. The highest BCUT2D eigenvalue weighted by molar-refractivity contribution is 7.10. The van der Waals surface area contributed by atoms with Crippen molar-refractivity contribution in [1.29, 1.82) is 0 Å². The van der Waals surface area contributed by atoms with Crippen LogP contribution in [0.2, 0.25) is 0 Å². The molecule has 0 aliphatic heterocycles. The second-order valence-electron chi connectivity index (χ2n) is 3.69. The molecule has 0 saturated heterocycles. The molecule has 0 fully saturated rings. The first-order chi connectivity index (χ1) is 7.02. The van der Waals surface area contributed by atoms with Crippen molar-refractivity contribution in [3.05, 3.63) is 22.4 Å². The van der Waals surface area contributed by atoms with E-state index in [4.69, 9.17) is 10.8 Å². The van der Waals surface area contributed by atoms with Gasteiger partial charge in [-0.25, -0.2) is 0 Å². The van der Waals surface area contributed by atoms with E-state index in [-0.39, 0.29) is 18.5 Å². The van der Waals surface area contributed by atoms with Gasteiger partial charge in [-0.2, -0.15) is 0 Å². The summed E-state index contributed by atoms with van der Waals surface area (Å²) in [4.78, 5) is 13.7. The number of carbonyl (C=O) groups is 1. The Morgan fingerprint density at radius 3 is 2.73 bits per heavy atom. The highest BCUT2D eigenvalue weighted by atomic mass is 32.1. The lowest BCUT2D eigenvalue weighted by atomic mass is 10.0. The van der Waals surface area contributed by atoms with Crippen LogP contribution < -0.4 is 5.73 Å². The van der Waals surface area contributed by atoms with Crippen molar-refractivity contribution < 1.29 is 9.90 Å². The predicted molar refractivity (Wildman–Crippen MR) is 61.0 cm³/mol. The first-order valence-corrected chi connectivity index (χ1v) is 5.57. The van der Waals surface area contributed by atoms with Gasteiger partial charge in [-0.15, -0.1) is 11.3 Å². The first-order valence-electron chi connectivity index (χ1n) is 4.69. The van der Waals surface area contributed by atoms with Crippen molar-refractivity contribution in [2.24, 2.45) is 5.73 Å². The normalized spacial score (nSPS) is 15.2. The summed E-state index contributed by atoms with van der Waals surface area (Å²) < 4.78 is 0. The summed E-state index contributed by atoms with van der Waals surface area (Å²) in [5.41, 5.74) is 5.90. The standard InChI is InChI=1S/C10H16N2O2S/c1-12(2)10(7(11)6-9(13)14)8-4-3-5-15-8/h3-5,7,10H,6,11H2,1-2H3,(H,13,14). The van der Waals surface area contributed by atoms with Crippen LogP contribution in [0.3, 0.4) is 0 Å². The molecule has 0 radical (unpaired) electrons. The molecule has 3 N–H and O–H groups in total. The van der Waals surface area contributed by atoms with Crippen LogP contribution >= 0.6 is 11.3 Å². The molecule has 4 nitrogen and oxygen atoms in total. The van der Waals surface area contributed by atoms with Gasteiger partial charge in [-0.1, -0.05) is 6.07 Å². The van der Waals surface area contributed by atoms with E-state index in [1.165, 1.54) is 0 Å². The SMILES string of the molecule is CN(C)C(c1cccs1)C(N)CC(=O)O. The monoisotopic (exact) mass is 228 g/mol. The molecule has 84 valence electrons. The van der Waals surface area contributed by atoms with Crippen molar-refractivity contribution in [3.8, 4) is 0 Å². The molecule has 0 aliphatic carbocycles. The molecule has 2 atom stereocenters. The number of carboxylic acids is 1. The van der Waals surface area contributed by atoms with Crippen LogP contribution in [0.1, 0.15) is 17.3 Å². The van der Waals surface area contributed by atoms with E-state index < -0.39 is 5.97 Å². The van der Waals surface area contributed by atoms with Crippen molar-refractivity contribution in [2.45, 2.75) is 18.5 Å². The maximum absolute atomic E-state index is 10.6. The zero-order valence-electron chi connectivity index (χ0n) is 8.88. The molecule has 5 heteroatoms. The van der Waals surface area contributed by atoms with E-state index in [0.717, 1.165) is 4.88 Å². The summed E-state index contributed by atoms with van der Waals surface area (Å²) in [5.74, 6) is -0.856. The van der Waals surface area contributed by atoms with Crippen LogP contribution in [-0.2, 0) is 4.79 Å². The average molecular weight is 228 g/mol. The molecule has 2 unspecified atom stereocenters. The van der Waals surface area contributed by atoms with Gasteiger partial charge < -0.3 is 15.7 Å². The van der Waals surface area contributed by atoms with Crippen LogP contribution in [0.15, 0.2) is 17.5 Å². The summed E-state index contributed by atoms with van der Waals surface area (Å²) in [6.07, 6.45) is -0.0131. The van der Waals surface area contributed by atoms with Gasteiger partial charge in [-0.05, 0) is 25.5 Å². The van der Waals surface area contributed by atoms with Crippen molar-refractivity contribution >= 4 is 17.3 Å². The molecule has 1 heterocycles. The Bertz CT molecular complexity index is 311. The molecule has 0 saturated carbocycles. The summed E-state index contributed by atoms with van der Waals surface area (Å²) in [6, 6.07) is 3.53. The fourth-order valence-electron chi connectivity index (χ4n) is 1.62. The molecule has 1 aromatic heterocycles. The third-order valence-corrected chi connectivity index (χ3v) is 3.15. The van der Waals surface area contributed by atoms with Gasteiger partial charge in [0.25, 0.3) is 0 Å². The molecule has 0 amide bonds. The highest BCUT2D eigenvalue weighted by Gasteiger charge is 2.24. The van der Waals surface area contributed by atoms with E-state index >= 15 is 0 Å².